The Bertz CT molecular complexity index is 990. The van der Waals surface area contributed by atoms with E-state index in [9.17, 15) is 13.2 Å². The van der Waals surface area contributed by atoms with Gasteiger partial charge in [0.2, 0.25) is 0 Å². The van der Waals surface area contributed by atoms with Gasteiger partial charge in [-0.15, -0.1) is 0 Å². The molecule has 1 aromatic carbocycles. The normalized spacial score (nSPS) is 20.8. The van der Waals surface area contributed by atoms with Crippen molar-refractivity contribution in [2.45, 2.75) is 56.0 Å². The highest BCUT2D eigenvalue weighted by molar-refractivity contribution is 7.90. The number of amides is 1. The van der Waals surface area contributed by atoms with E-state index in [1.807, 2.05) is 0 Å². The molecule has 0 bridgehead atoms. The average Bonchev–Trinajstić information content (AvgIpc) is 3.27. The average molecular weight is 376 g/mol. The third kappa shape index (κ3) is 2.38. The van der Waals surface area contributed by atoms with E-state index in [0.717, 1.165) is 30.0 Å². The zero-order chi connectivity index (χ0) is 18.7. The molecule has 1 amide bonds. The molecule has 4 rings (SSSR count). The Balaban J connectivity index is 1.75. The quantitative estimate of drug-likeness (QED) is 0.870. The lowest BCUT2D eigenvalue weighted by molar-refractivity contribution is 0.0846. The highest BCUT2D eigenvalue weighted by Crippen LogP contribution is 2.37. The number of benzene rings is 1. The molecule has 1 aromatic heterocycles. The van der Waals surface area contributed by atoms with Gasteiger partial charge >= 0.3 is 0 Å². The Morgan fingerprint density at radius 2 is 1.96 bits per heavy atom. The van der Waals surface area contributed by atoms with E-state index in [1.54, 1.807) is 19.9 Å². The first-order chi connectivity index (χ1) is 12.2. The van der Waals surface area contributed by atoms with Gasteiger partial charge < -0.3 is 10.3 Å². The molecule has 0 saturated heterocycles. The summed E-state index contributed by atoms with van der Waals surface area (Å²) in [5.74, 6) is 0.123. The maximum absolute atomic E-state index is 12.7. The summed E-state index contributed by atoms with van der Waals surface area (Å²) in [6.45, 7) is 3.32. The Hall–Kier alpha value is -2.26. The third-order valence-corrected chi connectivity index (χ3v) is 7.03. The summed E-state index contributed by atoms with van der Waals surface area (Å²) >= 11 is 0. The lowest BCUT2D eigenvalue weighted by atomic mass is 9.98. The topological polar surface area (TPSA) is 119 Å². The lowest BCUT2D eigenvalue weighted by Crippen LogP contribution is -2.36. The number of sulfonamides is 1. The monoisotopic (exact) mass is 376 g/mol. The van der Waals surface area contributed by atoms with Crippen molar-refractivity contribution >= 4 is 15.9 Å². The molecule has 1 saturated carbocycles. The SMILES string of the molecule is CC(C)N1C(=O)c2ccc(-c3nc(C4(N)CCCC4)no3)cc2S1(=O)=O. The van der Waals surface area contributed by atoms with Crippen molar-refractivity contribution in [2.75, 3.05) is 0 Å². The second-order valence-corrected chi connectivity index (χ2v) is 8.98. The minimum atomic E-state index is -3.88. The van der Waals surface area contributed by atoms with E-state index in [4.69, 9.17) is 10.3 Å². The van der Waals surface area contributed by atoms with Crippen LogP contribution in [0.2, 0.25) is 0 Å². The second-order valence-electron chi connectivity index (χ2n) is 7.20. The Morgan fingerprint density at radius 1 is 1.27 bits per heavy atom. The number of nitrogens with two attached hydrogens (primary N) is 1. The first-order valence-corrected chi connectivity index (χ1v) is 10.0. The van der Waals surface area contributed by atoms with Crippen molar-refractivity contribution in [3.8, 4) is 11.5 Å². The molecule has 2 N–H and O–H groups in total. The molecular weight excluding hydrogens is 356 g/mol. The molecule has 8 nitrogen and oxygen atoms in total. The van der Waals surface area contributed by atoms with Gasteiger partial charge in [0, 0.05) is 11.6 Å². The fourth-order valence-electron chi connectivity index (χ4n) is 3.66. The molecule has 9 heteroatoms. The number of carbonyl (C=O) groups is 1. The van der Waals surface area contributed by atoms with Crippen LogP contribution in [0, 0.1) is 0 Å². The van der Waals surface area contributed by atoms with E-state index in [-0.39, 0.29) is 16.3 Å². The molecule has 1 fully saturated rings. The van der Waals surface area contributed by atoms with E-state index < -0.39 is 27.5 Å². The largest absolute Gasteiger partial charge is 0.334 e. The van der Waals surface area contributed by atoms with Crippen molar-refractivity contribution in [1.82, 2.24) is 14.4 Å². The van der Waals surface area contributed by atoms with Crippen molar-refractivity contribution in [3.05, 3.63) is 29.6 Å². The predicted molar refractivity (Wildman–Crippen MR) is 92.6 cm³/mol. The fraction of sp³-hybridized carbons (Fsp3) is 0.471. The van der Waals surface area contributed by atoms with Crippen LogP contribution in [0.1, 0.15) is 55.7 Å². The van der Waals surface area contributed by atoms with E-state index >= 15 is 0 Å². The van der Waals surface area contributed by atoms with Gasteiger partial charge in [0.15, 0.2) is 5.82 Å². The second kappa shape index (κ2) is 5.62. The number of carbonyl (C=O) groups excluding carboxylic acids is 1. The van der Waals surface area contributed by atoms with Gasteiger partial charge in [0.25, 0.3) is 21.8 Å². The van der Waals surface area contributed by atoms with Gasteiger partial charge in [0.05, 0.1) is 11.1 Å². The van der Waals surface area contributed by atoms with E-state index in [2.05, 4.69) is 10.1 Å². The van der Waals surface area contributed by atoms with Crippen LogP contribution in [0.5, 0.6) is 0 Å². The van der Waals surface area contributed by atoms with Crippen molar-refractivity contribution in [3.63, 3.8) is 0 Å². The summed E-state index contributed by atoms with van der Waals surface area (Å²) in [6, 6.07) is 4.06. The van der Waals surface area contributed by atoms with Crippen LogP contribution >= 0.6 is 0 Å². The van der Waals surface area contributed by atoms with E-state index in [1.165, 1.54) is 12.1 Å². The molecule has 0 unspecified atom stereocenters. The Kier molecular flexibility index (Phi) is 3.71. The van der Waals surface area contributed by atoms with Crippen LogP contribution in [0.3, 0.4) is 0 Å². The number of hydrogen-bond acceptors (Lipinski definition) is 7. The summed E-state index contributed by atoms with van der Waals surface area (Å²) in [5, 5.41) is 4.00. The molecule has 0 atom stereocenters. The smallest absolute Gasteiger partial charge is 0.269 e. The highest BCUT2D eigenvalue weighted by atomic mass is 32.2. The molecule has 2 heterocycles. The maximum Gasteiger partial charge on any atom is 0.269 e. The molecule has 0 spiro atoms. The van der Waals surface area contributed by atoms with Crippen LogP contribution in [0.25, 0.3) is 11.5 Å². The van der Waals surface area contributed by atoms with Crippen LogP contribution in [-0.4, -0.2) is 34.8 Å². The fourth-order valence-corrected chi connectivity index (χ4v) is 5.46. The summed E-state index contributed by atoms with van der Waals surface area (Å²) < 4.78 is 31.6. The van der Waals surface area contributed by atoms with Crippen molar-refractivity contribution in [2.24, 2.45) is 5.73 Å². The first kappa shape index (κ1) is 17.2. The minimum absolute atomic E-state index is 0.0308. The Morgan fingerprint density at radius 3 is 2.62 bits per heavy atom. The zero-order valence-corrected chi connectivity index (χ0v) is 15.4. The number of rotatable bonds is 3. The minimum Gasteiger partial charge on any atom is -0.334 e. The molecule has 138 valence electrons. The van der Waals surface area contributed by atoms with Gasteiger partial charge in [-0.1, -0.05) is 18.0 Å². The van der Waals surface area contributed by atoms with Gasteiger partial charge in [-0.3, -0.25) is 4.79 Å². The van der Waals surface area contributed by atoms with Crippen LogP contribution in [-0.2, 0) is 15.6 Å². The van der Waals surface area contributed by atoms with Gasteiger partial charge in [-0.05, 0) is 44.9 Å². The molecule has 1 aliphatic carbocycles. The third-order valence-electron chi connectivity index (χ3n) is 5.03. The molecule has 26 heavy (non-hydrogen) atoms. The lowest BCUT2D eigenvalue weighted by Gasteiger charge is -2.18. The van der Waals surface area contributed by atoms with Gasteiger partial charge in [-0.25, -0.2) is 12.7 Å². The van der Waals surface area contributed by atoms with Crippen LogP contribution < -0.4 is 5.73 Å². The summed E-state index contributed by atoms with van der Waals surface area (Å²) in [5.41, 5.74) is 6.36. The summed E-state index contributed by atoms with van der Waals surface area (Å²) in [6.07, 6.45) is 3.63. The number of nitrogens with zero attached hydrogens (tertiary/aromatic N) is 3. The molecule has 0 radical (unpaired) electrons. The van der Waals surface area contributed by atoms with Gasteiger partial charge in [-0.2, -0.15) is 4.98 Å². The van der Waals surface area contributed by atoms with Gasteiger partial charge in [0.1, 0.15) is 4.90 Å². The van der Waals surface area contributed by atoms with E-state index in [0.29, 0.717) is 11.4 Å². The number of fused-ring (bicyclic) bond motifs is 1. The van der Waals surface area contributed by atoms with Crippen LogP contribution in [0.15, 0.2) is 27.6 Å². The zero-order valence-electron chi connectivity index (χ0n) is 14.6. The summed E-state index contributed by atoms with van der Waals surface area (Å²) in [7, 11) is -3.88. The van der Waals surface area contributed by atoms with Crippen molar-refractivity contribution in [1.29, 1.82) is 0 Å². The number of aromatic nitrogens is 2. The predicted octanol–water partition coefficient (Wildman–Crippen LogP) is 2.02. The van der Waals surface area contributed by atoms with Crippen LogP contribution in [0.4, 0.5) is 0 Å². The molecule has 2 aromatic rings. The number of hydrogen-bond donors (Lipinski definition) is 1. The first-order valence-electron chi connectivity index (χ1n) is 8.60. The maximum atomic E-state index is 12.7. The standard InChI is InChI=1S/C17H20N4O4S/c1-10(2)21-15(22)12-6-5-11(9-13(12)26(21,23)24)14-19-16(20-25-14)17(18)7-3-4-8-17/h5-6,9-10H,3-4,7-8,18H2,1-2H3. The molecule has 2 aliphatic rings. The summed E-state index contributed by atoms with van der Waals surface area (Å²) in [4.78, 5) is 16.8. The molecule has 1 aliphatic heterocycles. The van der Waals surface area contributed by atoms with Crippen molar-refractivity contribution < 1.29 is 17.7 Å². The Labute approximate surface area is 151 Å². The highest BCUT2D eigenvalue weighted by Gasteiger charge is 2.43. The molecular formula is C17H20N4O4S.